The number of hydrogen-bond acceptors (Lipinski definition) is 18. The third kappa shape index (κ3) is 34.6. The van der Waals surface area contributed by atoms with E-state index in [-0.39, 0.29) is 135 Å². The van der Waals surface area contributed by atoms with Crippen LogP contribution >= 0.6 is 50.1 Å². The van der Waals surface area contributed by atoms with Gasteiger partial charge in [-0.1, -0.05) is 160 Å². The van der Waals surface area contributed by atoms with E-state index < -0.39 is 46.7 Å². The first-order valence-electron chi connectivity index (χ1n) is 41.5. The highest BCUT2D eigenvalue weighted by Gasteiger charge is 2.21. The summed E-state index contributed by atoms with van der Waals surface area (Å²) in [5.74, 6) is -2.29. The SMILES string of the molecule is CCC(=O)Oc1cccc(Br)c1COc1ccc(C)cc1F.CCC(=O)Oc1cccc(C)c1COc1ccc(C)cc1F.CCC(=O)Oc1cccc(Cl)c1COc1ccc(C)cc1F.CCC(=O)Oc1cccc(F)c1COc1ccc(C)cc1F.CCC(=O)Oc1cccc(I)c1COc1ccc(C)cc1F.CCC(=O)Oc1ccccc1COc1ccc(C)cc1F. The van der Waals surface area contributed by atoms with E-state index in [1.54, 1.807) is 189 Å². The van der Waals surface area contributed by atoms with Gasteiger partial charge in [0.1, 0.15) is 80.0 Å². The van der Waals surface area contributed by atoms with Gasteiger partial charge < -0.3 is 56.8 Å². The molecular weight excluding hydrogens is 1900 g/mol. The van der Waals surface area contributed by atoms with Crippen LogP contribution < -0.4 is 56.8 Å². The predicted octanol–water partition coefficient (Wildman–Crippen LogP) is 26.6. The molecule has 690 valence electrons. The Kier molecular flexibility index (Phi) is 43.5. The molecule has 0 atom stereocenters. The molecule has 0 heterocycles. The Hall–Kier alpha value is -12.7. The third-order valence-corrected chi connectivity index (χ3v) is 20.6. The second-order valence-corrected chi connectivity index (χ2v) is 31.3. The van der Waals surface area contributed by atoms with Crippen LogP contribution in [0.2, 0.25) is 5.02 Å². The highest BCUT2D eigenvalue weighted by molar-refractivity contribution is 14.1. The standard InChI is InChI=1S/C18H19FO3.C17H16BrFO3.C17H16ClFO3.C17H16F2O3.C17H16FIO3.C17H17FO3/c1-4-18(20)22-16-7-5-6-13(3)14(16)11-21-17-9-8-12(2)10-15(17)19;3*1-3-17(20)22-15-6-4-5-13(18)12(15)10-21-16-8-7-11(2)9-14(16)19;1-3-17(20)22-15-6-4-5-14(19)12(15)10-21-16-8-7-11(2)9-13(16)18;1-3-17(19)21-15-7-5-4-6-13(15)11-20-16-9-8-12(2)10-14(16)18/h5-10H,4,11H2,1-3H3;4*4-9H,3,10H2,1-2H3;4-10H,3,11H2,1-2H3. The van der Waals surface area contributed by atoms with Crippen molar-refractivity contribution in [2.45, 2.75) is 168 Å². The van der Waals surface area contributed by atoms with E-state index in [9.17, 15) is 59.5 Å². The number of ether oxygens (including phenoxy) is 12. The van der Waals surface area contributed by atoms with Crippen LogP contribution in [0.5, 0.6) is 69.0 Å². The summed E-state index contributed by atoms with van der Waals surface area (Å²) in [6.07, 6.45) is 1.57. The zero-order valence-electron chi connectivity index (χ0n) is 74.5. The number of carbonyl (C=O) groups excluding carboxylic acids is 6. The molecule has 0 spiro atoms. The Morgan fingerprint density at radius 2 is 0.527 bits per heavy atom. The summed E-state index contributed by atoms with van der Waals surface area (Å²) < 4.78 is 162. The van der Waals surface area contributed by atoms with Gasteiger partial charge >= 0.3 is 35.8 Å². The predicted molar refractivity (Wildman–Crippen MR) is 497 cm³/mol. The van der Waals surface area contributed by atoms with Gasteiger partial charge in [-0.05, 0) is 243 Å². The average molecular weight is 2000 g/mol. The quantitative estimate of drug-likeness (QED) is 0.0177. The molecule has 12 rings (SSSR count). The topological polar surface area (TPSA) is 213 Å². The molecule has 0 unspecified atom stereocenters. The average Bonchev–Trinajstić information content (AvgIpc) is 0.849. The van der Waals surface area contributed by atoms with Crippen LogP contribution in [0, 0.1) is 92.8 Å². The summed E-state index contributed by atoms with van der Waals surface area (Å²) in [4.78, 5) is 68.6. The van der Waals surface area contributed by atoms with Gasteiger partial charge in [-0.3, -0.25) is 28.8 Å². The third-order valence-electron chi connectivity index (χ3n) is 18.5. The van der Waals surface area contributed by atoms with Crippen molar-refractivity contribution in [2.75, 3.05) is 0 Å². The lowest BCUT2D eigenvalue weighted by molar-refractivity contribution is -0.135. The van der Waals surface area contributed by atoms with Crippen LogP contribution in [0.1, 0.15) is 152 Å². The van der Waals surface area contributed by atoms with Crippen molar-refractivity contribution in [1.29, 1.82) is 0 Å². The molecule has 0 aliphatic rings. The Morgan fingerprint density at radius 3 is 0.893 bits per heavy atom. The molecule has 0 saturated carbocycles. The van der Waals surface area contributed by atoms with Crippen LogP contribution in [-0.2, 0) is 68.4 Å². The first kappa shape index (κ1) is 105. The monoisotopic (exact) mass is 2000 g/mol. The van der Waals surface area contributed by atoms with Crippen molar-refractivity contribution in [2.24, 2.45) is 0 Å². The first-order chi connectivity index (χ1) is 62.6. The fourth-order valence-electron chi connectivity index (χ4n) is 11.2. The summed E-state index contributed by atoms with van der Waals surface area (Å²) in [6.45, 7) is 23.2. The summed E-state index contributed by atoms with van der Waals surface area (Å²) in [7, 11) is 0. The summed E-state index contributed by atoms with van der Waals surface area (Å²) in [5.41, 5.74) is 9.20. The number of para-hydroxylation sites is 1. The zero-order valence-corrected chi connectivity index (χ0v) is 79.0. The van der Waals surface area contributed by atoms with Crippen molar-refractivity contribution in [3.05, 3.63) is 351 Å². The number of aryl methyl sites for hydroxylation is 7. The lowest BCUT2D eigenvalue weighted by Gasteiger charge is -2.14. The summed E-state index contributed by atoms with van der Waals surface area (Å²) in [6, 6.07) is 60.6. The number of benzene rings is 12. The molecule has 12 aromatic carbocycles. The van der Waals surface area contributed by atoms with Crippen LogP contribution in [0.25, 0.3) is 0 Å². The van der Waals surface area contributed by atoms with E-state index in [0.29, 0.717) is 69.7 Å². The molecule has 0 saturated heterocycles. The van der Waals surface area contributed by atoms with Gasteiger partial charge in [0.25, 0.3) is 0 Å². The van der Waals surface area contributed by atoms with E-state index in [1.165, 1.54) is 60.7 Å². The molecule has 18 nitrogen and oxygen atoms in total. The lowest BCUT2D eigenvalue weighted by Crippen LogP contribution is -2.10. The van der Waals surface area contributed by atoms with Crippen LogP contribution in [0.3, 0.4) is 0 Å². The molecule has 0 N–H and O–H groups in total. The molecule has 12 aromatic rings. The van der Waals surface area contributed by atoms with Crippen LogP contribution in [-0.4, -0.2) is 35.8 Å². The summed E-state index contributed by atoms with van der Waals surface area (Å²) in [5, 5.41) is 0.397. The zero-order chi connectivity index (χ0) is 95.8. The normalized spacial score (nSPS) is 10.3. The van der Waals surface area contributed by atoms with E-state index in [2.05, 4.69) is 38.5 Å². The molecule has 0 bridgehead atoms. The minimum atomic E-state index is -0.575. The molecule has 0 radical (unpaired) electrons. The molecule has 0 fully saturated rings. The molecule has 0 aliphatic heterocycles. The molecular formula is C103H100BrClF7IO18. The second kappa shape index (κ2) is 54.0. The highest BCUT2D eigenvalue weighted by atomic mass is 127. The smallest absolute Gasteiger partial charge is 0.310 e. The van der Waals surface area contributed by atoms with Gasteiger partial charge in [0.05, 0.1) is 16.1 Å². The number of rotatable bonds is 30. The second-order valence-electron chi connectivity index (χ2n) is 28.8. The largest absolute Gasteiger partial charge is 0.486 e. The van der Waals surface area contributed by atoms with Crippen molar-refractivity contribution < 1.29 is 116 Å². The van der Waals surface area contributed by atoms with Gasteiger partial charge in [0.2, 0.25) is 0 Å². The van der Waals surface area contributed by atoms with Crippen LogP contribution in [0.15, 0.2) is 229 Å². The highest BCUT2D eigenvalue weighted by Crippen LogP contribution is 2.35. The molecule has 28 heteroatoms. The van der Waals surface area contributed by atoms with Gasteiger partial charge in [0.15, 0.2) is 69.4 Å². The number of hydrogen-bond donors (Lipinski definition) is 0. The van der Waals surface area contributed by atoms with Crippen molar-refractivity contribution in [3.8, 4) is 69.0 Å². The number of halogens is 10. The van der Waals surface area contributed by atoms with Crippen LogP contribution in [0.4, 0.5) is 30.7 Å². The minimum Gasteiger partial charge on any atom is -0.486 e. The van der Waals surface area contributed by atoms with E-state index in [4.69, 9.17) is 68.4 Å². The molecule has 131 heavy (non-hydrogen) atoms. The molecule has 0 aromatic heterocycles. The lowest BCUT2D eigenvalue weighted by atomic mass is 10.1. The Bertz CT molecular complexity index is 5210. The van der Waals surface area contributed by atoms with Gasteiger partial charge in [-0.15, -0.1) is 0 Å². The number of carbonyl (C=O) groups is 6. The Morgan fingerprint density at radius 1 is 0.267 bits per heavy atom. The van der Waals surface area contributed by atoms with Gasteiger partial charge in [-0.25, -0.2) is 30.7 Å². The van der Waals surface area contributed by atoms with E-state index in [1.807, 2.05) is 65.0 Å². The van der Waals surface area contributed by atoms with Crippen molar-refractivity contribution >= 4 is 85.9 Å². The maximum atomic E-state index is 13.9. The Balaban J connectivity index is 0.000000215. The van der Waals surface area contributed by atoms with Crippen molar-refractivity contribution in [3.63, 3.8) is 0 Å². The fraction of sp³-hybridized carbons (Fsp3) is 0.243. The molecule has 0 aliphatic carbocycles. The number of esters is 6. The maximum Gasteiger partial charge on any atom is 0.310 e. The summed E-state index contributed by atoms with van der Waals surface area (Å²) >= 11 is 11.7. The molecule has 0 amide bonds. The van der Waals surface area contributed by atoms with Gasteiger partial charge in [-0.2, -0.15) is 0 Å². The fourth-order valence-corrected chi connectivity index (χ4v) is 12.5. The minimum absolute atomic E-state index is 0.00593. The van der Waals surface area contributed by atoms with Crippen molar-refractivity contribution in [1.82, 2.24) is 0 Å². The maximum absolute atomic E-state index is 13.9. The Labute approximate surface area is 784 Å². The van der Waals surface area contributed by atoms with E-state index in [0.717, 1.165) is 58.1 Å². The van der Waals surface area contributed by atoms with Gasteiger partial charge in [0, 0.05) is 68.8 Å². The first-order valence-corrected chi connectivity index (χ1v) is 43.7. The van der Waals surface area contributed by atoms with E-state index >= 15 is 0 Å².